The molecule has 3 heterocycles. The highest BCUT2D eigenvalue weighted by Crippen LogP contribution is 2.49. The van der Waals surface area contributed by atoms with E-state index in [1.54, 1.807) is 0 Å². The summed E-state index contributed by atoms with van der Waals surface area (Å²) in [6.45, 7) is 0. The Morgan fingerprint density at radius 2 is 1.04 bits per heavy atom. The normalized spacial score (nSPS) is 12.2. The number of benzene rings is 7. The Balaban J connectivity index is 1.16. The highest BCUT2D eigenvalue weighted by atomic mass is 15.0. The number of para-hydroxylation sites is 3. The predicted octanol–water partition coefficient (Wildman–Crippen LogP) is 11.7. The Hall–Kier alpha value is -6.45. The van der Waals surface area contributed by atoms with Crippen LogP contribution in [0.15, 0.2) is 164 Å². The van der Waals surface area contributed by atoms with Gasteiger partial charge in [0.05, 0.1) is 27.8 Å². The van der Waals surface area contributed by atoms with Crippen molar-refractivity contribution in [2.75, 3.05) is 0 Å². The van der Waals surface area contributed by atoms with Crippen molar-refractivity contribution in [2.45, 2.75) is 0 Å². The largest absolute Gasteiger partial charge is 0.309 e. The van der Waals surface area contributed by atoms with Gasteiger partial charge in [-0.25, -0.2) is 0 Å². The van der Waals surface area contributed by atoms with Crippen LogP contribution in [0, 0.1) is 0 Å². The van der Waals surface area contributed by atoms with Crippen molar-refractivity contribution in [3.8, 4) is 44.8 Å². The molecule has 0 unspecified atom stereocenters. The third-order valence-corrected chi connectivity index (χ3v) is 10.4. The molecule has 7 aromatic carbocycles. The van der Waals surface area contributed by atoms with Crippen molar-refractivity contribution < 1.29 is 0 Å². The molecule has 0 saturated carbocycles. The fraction of sp³-hybridized carbons (Fsp3) is 0. The molecular weight excluding hydrogens is 583 g/mol. The number of aromatic nitrogens is 3. The average Bonchev–Trinajstić information content (AvgIpc) is 3.78. The molecule has 0 radical (unpaired) electrons. The van der Waals surface area contributed by atoms with Gasteiger partial charge in [0.15, 0.2) is 0 Å². The molecule has 0 N–H and O–H groups in total. The van der Waals surface area contributed by atoms with E-state index in [1.165, 1.54) is 99.1 Å². The molecule has 1 aliphatic rings. The topological polar surface area (TPSA) is 22.8 Å². The lowest BCUT2D eigenvalue weighted by Gasteiger charge is -2.14. The molecule has 0 fully saturated rings. The van der Waals surface area contributed by atoms with Crippen molar-refractivity contribution in [2.24, 2.45) is 0 Å². The van der Waals surface area contributed by atoms with Crippen molar-refractivity contribution in [3.63, 3.8) is 0 Å². The first-order valence-electron chi connectivity index (χ1n) is 16.5. The maximum absolute atomic E-state index is 4.46. The van der Waals surface area contributed by atoms with E-state index < -0.39 is 0 Å². The SMILES string of the molecule is c1ccc(-n2c3ccccc3c3cc(-c4ccc5c6ccccc6n(-c6ccc7c8c(cccc68)-c6ccncc6-7)c5c4)ccc32)cc1. The summed E-state index contributed by atoms with van der Waals surface area (Å²) in [6.07, 6.45) is 3.90. The molecule has 48 heavy (non-hydrogen) atoms. The smallest absolute Gasteiger partial charge is 0.0547 e. The van der Waals surface area contributed by atoms with Crippen LogP contribution in [0.5, 0.6) is 0 Å². The van der Waals surface area contributed by atoms with Gasteiger partial charge >= 0.3 is 0 Å². The molecule has 3 aromatic heterocycles. The van der Waals surface area contributed by atoms with Crippen LogP contribution in [-0.4, -0.2) is 14.1 Å². The van der Waals surface area contributed by atoms with Crippen molar-refractivity contribution in [3.05, 3.63) is 164 Å². The van der Waals surface area contributed by atoms with Gasteiger partial charge in [-0.1, -0.05) is 97.1 Å². The monoisotopic (exact) mass is 609 g/mol. The molecule has 1 aliphatic carbocycles. The van der Waals surface area contributed by atoms with Crippen LogP contribution in [0.25, 0.3) is 99.1 Å². The number of rotatable bonds is 3. The molecule has 3 heteroatoms. The van der Waals surface area contributed by atoms with Gasteiger partial charge in [0, 0.05) is 50.6 Å². The third-order valence-electron chi connectivity index (χ3n) is 10.4. The molecule has 3 nitrogen and oxygen atoms in total. The van der Waals surface area contributed by atoms with E-state index >= 15 is 0 Å². The fourth-order valence-corrected chi connectivity index (χ4v) is 8.30. The van der Waals surface area contributed by atoms with E-state index in [1.807, 2.05) is 12.4 Å². The van der Waals surface area contributed by atoms with Gasteiger partial charge in [-0.2, -0.15) is 0 Å². The molecule has 0 spiro atoms. The van der Waals surface area contributed by atoms with Gasteiger partial charge in [-0.3, -0.25) is 4.98 Å². The molecule has 0 saturated heterocycles. The maximum atomic E-state index is 4.46. The first-order chi connectivity index (χ1) is 23.8. The van der Waals surface area contributed by atoms with Gasteiger partial charge in [-0.15, -0.1) is 0 Å². The Labute approximate surface area is 276 Å². The molecule has 0 amide bonds. The fourth-order valence-electron chi connectivity index (χ4n) is 8.30. The highest BCUT2D eigenvalue weighted by Gasteiger charge is 2.24. The predicted molar refractivity (Wildman–Crippen MR) is 200 cm³/mol. The summed E-state index contributed by atoms with van der Waals surface area (Å²) in [5, 5.41) is 7.60. The van der Waals surface area contributed by atoms with Gasteiger partial charge in [-0.05, 0) is 87.8 Å². The number of pyridine rings is 1. The summed E-state index contributed by atoms with van der Waals surface area (Å²) >= 11 is 0. The molecule has 222 valence electrons. The van der Waals surface area contributed by atoms with Crippen LogP contribution in [0.2, 0.25) is 0 Å². The molecule has 0 atom stereocenters. The number of nitrogens with zero attached hydrogens (tertiary/aromatic N) is 3. The summed E-state index contributed by atoms with van der Waals surface area (Å²) in [7, 11) is 0. The summed E-state index contributed by atoms with van der Waals surface area (Å²) in [6, 6.07) is 55.5. The van der Waals surface area contributed by atoms with E-state index in [-0.39, 0.29) is 0 Å². The van der Waals surface area contributed by atoms with E-state index in [0.717, 1.165) is 0 Å². The minimum absolute atomic E-state index is 1.17. The van der Waals surface area contributed by atoms with Gasteiger partial charge in [0.2, 0.25) is 0 Å². The van der Waals surface area contributed by atoms with Crippen LogP contribution in [0.3, 0.4) is 0 Å². The standard InChI is InChI=1S/C45H27N3/c1-2-9-30(10-3-1)47-40-15-6-5-12-33(40)38-25-28(18-21-43(38)47)29-17-19-34-32-11-4-7-16-41(32)48(44(34)26-29)42-22-20-36-39-27-46-24-23-31(39)35-13-8-14-37(42)45(35)36/h1-27H. The Morgan fingerprint density at radius 1 is 0.375 bits per heavy atom. The minimum Gasteiger partial charge on any atom is -0.309 e. The quantitative estimate of drug-likeness (QED) is 0.195. The van der Waals surface area contributed by atoms with E-state index in [9.17, 15) is 0 Å². The van der Waals surface area contributed by atoms with Crippen LogP contribution in [0.1, 0.15) is 0 Å². The lowest BCUT2D eigenvalue weighted by Crippen LogP contribution is -1.96. The first-order valence-corrected chi connectivity index (χ1v) is 16.5. The Morgan fingerprint density at radius 3 is 1.92 bits per heavy atom. The van der Waals surface area contributed by atoms with Crippen LogP contribution < -0.4 is 0 Å². The van der Waals surface area contributed by atoms with E-state index in [0.29, 0.717) is 0 Å². The Bertz CT molecular complexity index is 2910. The minimum atomic E-state index is 1.17. The number of fused-ring (bicyclic) bond motifs is 9. The van der Waals surface area contributed by atoms with E-state index in [2.05, 4.69) is 166 Å². The molecule has 11 rings (SSSR count). The first kappa shape index (κ1) is 25.7. The zero-order valence-corrected chi connectivity index (χ0v) is 25.9. The second kappa shape index (κ2) is 9.54. The second-order valence-corrected chi connectivity index (χ2v) is 12.8. The summed E-state index contributed by atoms with van der Waals surface area (Å²) < 4.78 is 4.84. The van der Waals surface area contributed by atoms with Crippen molar-refractivity contribution in [1.82, 2.24) is 14.1 Å². The average molecular weight is 610 g/mol. The summed E-state index contributed by atoms with van der Waals surface area (Å²) in [5.41, 5.74) is 14.6. The third kappa shape index (κ3) is 3.40. The van der Waals surface area contributed by atoms with Crippen molar-refractivity contribution in [1.29, 1.82) is 0 Å². The van der Waals surface area contributed by atoms with Gasteiger partial charge in [0.25, 0.3) is 0 Å². The lowest BCUT2D eigenvalue weighted by atomic mass is 10.0. The molecular formula is C45H27N3. The van der Waals surface area contributed by atoms with E-state index in [4.69, 9.17) is 0 Å². The molecule has 0 bridgehead atoms. The molecule has 0 aliphatic heterocycles. The second-order valence-electron chi connectivity index (χ2n) is 12.8. The summed E-state index contributed by atoms with van der Waals surface area (Å²) in [4.78, 5) is 4.46. The molecule has 10 aromatic rings. The van der Waals surface area contributed by atoms with Crippen LogP contribution >= 0.6 is 0 Å². The number of hydrogen-bond acceptors (Lipinski definition) is 1. The van der Waals surface area contributed by atoms with Crippen LogP contribution in [-0.2, 0) is 0 Å². The lowest BCUT2D eigenvalue weighted by molar-refractivity contribution is 1.18. The van der Waals surface area contributed by atoms with Gasteiger partial charge in [0.1, 0.15) is 0 Å². The van der Waals surface area contributed by atoms with Crippen molar-refractivity contribution >= 4 is 54.4 Å². The zero-order chi connectivity index (χ0) is 31.3. The number of hydrogen-bond donors (Lipinski definition) is 0. The zero-order valence-electron chi connectivity index (χ0n) is 25.9. The maximum Gasteiger partial charge on any atom is 0.0547 e. The Kier molecular flexibility index (Phi) is 5.11. The summed E-state index contributed by atoms with van der Waals surface area (Å²) in [5.74, 6) is 0. The van der Waals surface area contributed by atoms with Gasteiger partial charge < -0.3 is 9.13 Å². The van der Waals surface area contributed by atoms with Crippen LogP contribution in [0.4, 0.5) is 0 Å². The highest BCUT2D eigenvalue weighted by molar-refractivity contribution is 6.19.